The molecule has 0 saturated heterocycles. The van der Waals surface area contributed by atoms with Gasteiger partial charge in [-0.05, 0) is 33.3 Å². The van der Waals surface area contributed by atoms with Crippen molar-refractivity contribution in [2.24, 2.45) is 5.41 Å². The highest BCUT2D eigenvalue weighted by atomic mass is 16.5. The lowest BCUT2D eigenvalue weighted by Gasteiger charge is -2.24. The Labute approximate surface area is 110 Å². The zero-order valence-electron chi connectivity index (χ0n) is 11.9. The first-order chi connectivity index (χ1) is 8.36. The Hall–Kier alpha value is -1.35. The summed E-state index contributed by atoms with van der Waals surface area (Å²) in [5.74, 6) is -0.188. The number of methoxy groups -OCH3 is 1. The van der Waals surface area contributed by atoms with Gasteiger partial charge in [-0.15, -0.1) is 0 Å². The number of ether oxygens (including phenoxy) is 1. The first-order valence-corrected chi connectivity index (χ1v) is 6.25. The maximum Gasteiger partial charge on any atom is 0.312 e. The molecule has 0 saturated carbocycles. The fraction of sp³-hybridized carbons (Fsp3) is 0.533. The molecular weight excluding hydrogens is 226 g/mol. The predicted octanol–water partition coefficient (Wildman–Crippen LogP) is 2.84. The van der Waals surface area contributed by atoms with Crippen molar-refractivity contribution in [2.45, 2.75) is 33.7 Å². The van der Waals surface area contributed by atoms with E-state index >= 15 is 0 Å². The summed E-state index contributed by atoms with van der Waals surface area (Å²) < 4.78 is 4.79. The number of carbonyl (C=O) groups is 1. The molecule has 0 unspecified atom stereocenters. The second-order valence-electron chi connectivity index (χ2n) is 5.39. The van der Waals surface area contributed by atoms with Crippen molar-refractivity contribution in [3.05, 3.63) is 35.4 Å². The Bertz CT molecular complexity index is 413. The predicted molar refractivity (Wildman–Crippen MR) is 73.4 cm³/mol. The third-order valence-electron chi connectivity index (χ3n) is 3.13. The number of hydrogen-bond donors (Lipinski definition) is 1. The number of carbonyl (C=O) groups excluding carboxylic acids is 1. The van der Waals surface area contributed by atoms with Crippen molar-refractivity contribution in [1.29, 1.82) is 0 Å². The topological polar surface area (TPSA) is 38.3 Å². The van der Waals surface area contributed by atoms with Gasteiger partial charge in [-0.25, -0.2) is 0 Å². The molecule has 1 aromatic rings. The summed E-state index contributed by atoms with van der Waals surface area (Å²) in [7, 11) is 1.42. The van der Waals surface area contributed by atoms with Crippen LogP contribution in [0.25, 0.3) is 0 Å². The Morgan fingerprint density at radius 2 is 2.11 bits per heavy atom. The van der Waals surface area contributed by atoms with Crippen molar-refractivity contribution in [3.63, 3.8) is 0 Å². The summed E-state index contributed by atoms with van der Waals surface area (Å²) >= 11 is 0. The van der Waals surface area contributed by atoms with E-state index < -0.39 is 5.41 Å². The zero-order valence-corrected chi connectivity index (χ0v) is 11.9. The summed E-state index contributed by atoms with van der Waals surface area (Å²) in [4.78, 5) is 11.6. The van der Waals surface area contributed by atoms with Gasteiger partial charge in [-0.2, -0.15) is 0 Å². The van der Waals surface area contributed by atoms with E-state index in [1.54, 1.807) is 0 Å². The van der Waals surface area contributed by atoms with Crippen LogP contribution in [0.1, 0.15) is 37.9 Å². The first kappa shape index (κ1) is 14.7. The summed E-state index contributed by atoms with van der Waals surface area (Å²) in [6.07, 6.45) is 0. The molecular formula is C15H23NO2. The summed E-state index contributed by atoms with van der Waals surface area (Å²) in [5, 5.41) is 3.38. The highest BCUT2D eigenvalue weighted by Gasteiger charge is 2.28. The zero-order chi connectivity index (χ0) is 13.8. The van der Waals surface area contributed by atoms with Crippen molar-refractivity contribution < 1.29 is 9.53 Å². The average Bonchev–Trinajstić information content (AvgIpc) is 2.35. The van der Waals surface area contributed by atoms with Crippen LogP contribution in [0.4, 0.5) is 0 Å². The van der Waals surface area contributed by atoms with Gasteiger partial charge in [0, 0.05) is 12.6 Å². The monoisotopic (exact) mass is 249 g/mol. The quantitative estimate of drug-likeness (QED) is 0.815. The average molecular weight is 249 g/mol. The van der Waals surface area contributed by atoms with Gasteiger partial charge in [-0.1, -0.05) is 29.8 Å². The molecule has 0 spiro atoms. The molecule has 3 nitrogen and oxygen atoms in total. The molecule has 0 amide bonds. The van der Waals surface area contributed by atoms with E-state index in [1.165, 1.54) is 18.2 Å². The standard InChI is InChI=1S/C15H23NO2/c1-11-7-6-8-13(9-11)12(2)16-10-15(3,4)14(17)18-5/h6-9,12,16H,10H2,1-5H3/t12-/m1/s1. The van der Waals surface area contributed by atoms with E-state index in [4.69, 9.17) is 4.74 Å². The minimum absolute atomic E-state index is 0.188. The van der Waals surface area contributed by atoms with Crippen LogP contribution in [-0.2, 0) is 9.53 Å². The molecule has 18 heavy (non-hydrogen) atoms. The molecule has 0 aliphatic carbocycles. The number of benzene rings is 1. The van der Waals surface area contributed by atoms with Gasteiger partial charge in [0.1, 0.15) is 0 Å². The van der Waals surface area contributed by atoms with Gasteiger partial charge in [0.25, 0.3) is 0 Å². The number of nitrogens with one attached hydrogen (secondary N) is 1. The van der Waals surface area contributed by atoms with E-state index in [0.717, 1.165) is 0 Å². The Kier molecular flexibility index (Phi) is 4.91. The lowest BCUT2D eigenvalue weighted by molar-refractivity contribution is -0.150. The third kappa shape index (κ3) is 3.84. The number of hydrogen-bond acceptors (Lipinski definition) is 3. The van der Waals surface area contributed by atoms with Crippen LogP contribution < -0.4 is 5.32 Å². The van der Waals surface area contributed by atoms with Gasteiger partial charge in [0.2, 0.25) is 0 Å². The van der Waals surface area contributed by atoms with Crippen LogP contribution in [-0.4, -0.2) is 19.6 Å². The smallest absolute Gasteiger partial charge is 0.312 e. The molecule has 0 aliphatic rings. The van der Waals surface area contributed by atoms with Crippen LogP contribution in [0.2, 0.25) is 0 Å². The SMILES string of the molecule is COC(=O)C(C)(C)CN[C@H](C)c1cccc(C)c1. The molecule has 0 bridgehead atoms. The lowest BCUT2D eigenvalue weighted by atomic mass is 9.93. The normalized spacial score (nSPS) is 13.2. The van der Waals surface area contributed by atoms with Gasteiger partial charge >= 0.3 is 5.97 Å². The van der Waals surface area contributed by atoms with E-state index in [1.807, 2.05) is 19.9 Å². The number of rotatable bonds is 5. The van der Waals surface area contributed by atoms with Gasteiger partial charge in [-0.3, -0.25) is 4.79 Å². The molecule has 3 heteroatoms. The van der Waals surface area contributed by atoms with Crippen molar-refractivity contribution in [3.8, 4) is 0 Å². The number of aryl methyl sites for hydroxylation is 1. The van der Waals surface area contributed by atoms with Crippen molar-refractivity contribution in [2.75, 3.05) is 13.7 Å². The van der Waals surface area contributed by atoms with E-state index in [0.29, 0.717) is 6.54 Å². The molecule has 0 heterocycles. The van der Waals surface area contributed by atoms with Crippen molar-refractivity contribution in [1.82, 2.24) is 5.32 Å². The summed E-state index contributed by atoms with van der Waals surface area (Å²) in [6.45, 7) is 8.54. The highest BCUT2D eigenvalue weighted by Crippen LogP contribution is 2.19. The Morgan fingerprint density at radius 1 is 1.44 bits per heavy atom. The lowest BCUT2D eigenvalue weighted by Crippen LogP contribution is -2.38. The molecule has 1 N–H and O–H groups in total. The molecule has 0 aliphatic heterocycles. The van der Waals surface area contributed by atoms with E-state index in [2.05, 4.69) is 37.4 Å². The minimum atomic E-state index is -0.507. The van der Waals surface area contributed by atoms with E-state index in [-0.39, 0.29) is 12.0 Å². The maximum absolute atomic E-state index is 11.6. The van der Waals surface area contributed by atoms with Crippen LogP contribution in [0.15, 0.2) is 24.3 Å². The summed E-state index contributed by atoms with van der Waals surface area (Å²) in [5.41, 5.74) is 1.97. The fourth-order valence-corrected chi connectivity index (χ4v) is 1.81. The molecule has 1 aromatic carbocycles. The van der Waals surface area contributed by atoms with Gasteiger partial charge in [0.15, 0.2) is 0 Å². The number of esters is 1. The Morgan fingerprint density at radius 3 is 2.67 bits per heavy atom. The van der Waals surface area contributed by atoms with Crippen molar-refractivity contribution >= 4 is 5.97 Å². The second-order valence-corrected chi connectivity index (χ2v) is 5.39. The molecule has 0 fully saturated rings. The van der Waals surface area contributed by atoms with E-state index in [9.17, 15) is 4.79 Å². The maximum atomic E-state index is 11.6. The van der Waals surface area contributed by atoms with Gasteiger partial charge < -0.3 is 10.1 Å². The first-order valence-electron chi connectivity index (χ1n) is 6.25. The molecule has 100 valence electrons. The van der Waals surface area contributed by atoms with Gasteiger partial charge in [0.05, 0.1) is 12.5 Å². The van der Waals surface area contributed by atoms with Crippen LogP contribution in [0, 0.1) is 12.3 Å². The molecule has 1 atom stereocenters. The third-order valence-corrected chi connectivity index (χ3v) is 3.13. The summed E-state index contributed by atoms with van der Waals surface area (Å²) in [6, 6.07) is 8.59. The molecule has 1 rings (SSSR count). The van der Waals surface area contributed by atoms with Crippen LogP contribution >= 0.6 is 0 Å². The second kappa shape index (κ2) is 6.01. The molecule has 0 aromatic heterocycles. The minimum Gasteiger partial charge on any atom is -0.469 e. The van der Waals surface area contributed by atoms with Crippen LogP contribution in [0.5, 0.6) is 0 Å². The largest absolute Gasteiger partial charge is 0.469 e. The Balaban J connectivity index is 2.61. The fourth-order valence-electron chi connectivity index (χ4n) is 1.81. The molecule has 0 radical (unpaired) electrons. The van der Waals surface area contributed by atoms with Crippen LogP contribution in [0.3, 0.4) is 0 Å². The highest BCUT2D eigenvalue weighted by molar-refractivity contribution is 5.76.